The molecule has 0 saturated heterocycles. The molecule has 0 bridgehead atoms. The molecule has 2 aromatic rings. The van der Waals surface area contributed by atoms with Gasteiger partial charge in [0, 0.05) is 17.7 Å². The largest absolute Gasteiger partial charge is 0.744 e. The highest BCUT2D eigenvalue weighted by atomic mass is 32.2. The average Bonchev–Trinajstić information content (AvgIpc) is 2.41. The summed E-state index contributed by atoms with van der Waals surface area (Å²) in [4.78, 5) is 10.4. The van der Waals surface area contributed by atoms with Crippen LogP contribution in [0.4, 0.5) is 0 Å². The molecule has 0 aliphatic rings. The minimum atomic E-state index is -4.47. The van der Waals surface area contributed by atoms with Gasteiger partial charge in [0.2, 0.25) is 0 Å². The van der Waals surface area contributed by atoms with Crippen LogP contribution < -0.4 is 4.57 Å². The monoisotopic (exact) mass is 323 g/mol. The Balaban J connectivity index is 0.000000224. The van der Waals surface area contributed by atoms with Gasteiger partial charge in [0.05, 0.1) is 4.90 Å². The van der Waals surface area contributed by atoms with E-state index >= 15 is 0 Å². The van der Waals surface area contributed by atoms with E-state index in [-0.39, 0.29) is 16.4 Å². The van der Waals surface area contributed by atoms with Gasteiger partial charge in [-0.2, -0.15) is 0 Å². The van der Waals surface area contributed by atoms with E-state index in [1.54, 1.807) is 6.92 Å². The zero-order valence-electron chi connectivity index (χ0n) is 12.5. The van der Waals surface area contributed by atoms with Gasteiger partial charge in [0.1, 0.15) is 22.9 Å². The van der Waals surface area contributed by atoms with Crippen molar-refractivity contribution in [1.82, 2.24) is 0 Å². The van der Waals surface area contributed by atoms with Gasteiger partial charge >= 0.3 is 0 Å². The number of hydrogen-bond acceptors (Lipinski definition) is 5. The zero-order chi connectivity index (χ0) is 16.9. The molecule has 0 saturated carbocycles. The Bertz CT molecular complexity index is 767. The Hall–Kier alpha value is -2.25. The standard InChI is InChI=1S/C8H10NO.C7H8O4S/c1-7(10)8-3-5-9(2)6-4-8;1-5-2-3-6(8)4-7(5)12(9,10)11/h3-6H,1-2H3;2-4,8H,1H3,(H,9,10,11)/q+1;/p-1. The Labute approximate surface area is 129 Å². The number of aryl methyl sites for hydroxylation is 2. The first-order valence-electron chi connectivity index (χ1n) is 6.33. The summed E-state index contributed by atoms with van der Waals surface area (Å²) in [6.45, 7) is 3.06. The number of hydrogen-bond donors (Lipinski definition) is 1. The van der Waals surface area contributed by atoms with Crippen LogP contribution in [0.5, 0.6) is 5.75 Å². The normalized spacial score (nSPS) is 10.5. The summed E-state index contributed by atoms with van der Waals surface area (Å²) in [6, 6.07) is 7.26. The predicted molar refractivity (Wildman–Crippen MR) is 78.4 cm³/mol. The van der Waals surface area contributed by atoms with Gasteiger partial charge in [-0.1, -0.05) is 6.07 Å². The summed E-state index contributed by atoms with van der Waals surface area (Å²) in [5.74, 6) is -0.115. The van der Waals surface area contributed by atoms with E-state index in [1.807, 2.05) is 36.1 Å². The van der Waals surface area contributed by atoms with Gasteiger partial charge in [0.25, 0.3) is 0 Å². The maximum Gasteiger partial charge on any atom is 0.169 e. The maximum atomic E-state index is 10.7. The minimum Gasteiger partial charge on any atom is -0.744 e. The van der Waals surface area contributed by atoms with Crippen molar-refractivity contribution in [2.45, 2.75) is 18.7 Å². The van der Waals surface area contributed by atoms with E-state index in [0.717, 1.165) is 11.6 Å². The second-order valence-corrected chi connectivity index (χ2v) is 6.06. The third kappa shape index (κ3) is 5.27. The van der Waals surface area contributed by atoms with Gasteiger partial charge in [-0.3, -0.25) is 4.79 Å². The first kappa shape index (κ1) is 17.8. The van der Waals surface area contributed by atoms with Gasteiger partial charge in [0.15, 0.2) is 18.2 Å². The van der Waals surface area contributed by atoms with E-state index in [1.165, 1.54) is 19.1 Å². The van der Waals surface area contributed by atoms with Gasteiger partial charge in [-0.05, 0) is 31.5 Å². The summed E-state index contributed by atoms with van der Waals surface area (Å²) in [5, 5.41) is 8.90. The van der Waals surface area contributed by atoms with Crippen molar-refractivity contribution in [3.63, 3.8) is 0 Å². The molecule has 0 radical (unpaired) electrons. The van der Waals surface area contributed by atoms with Crippen LogP contribution in [-0.4, -0.2) is 23.9 Å². The summed E-state index contributed by atoms with van der Waals surface area (Å²) in [5.41, 5.74) is 1.10. The highest BCUT2D eigenvalue weighted by Crippen LogP contribution is 2.19. The van der Waals surface area contributed by atoms with E-state index < -0.39 is 10.1 Å². The molecule has 0 amide bonds. The third-order valence-corrected chi connectivity index (χ3v) is 3.80. The quantitative estimate of drug-likeness (QED) is 0.510. The van der Waals surface area contributed by atoms with Gasteiger partial charge < -0.3 is 9.66 Å². The lowest BCUT2D eigenvalue weighted by molar-refractivity contribution is -0.671. The number of phenols is 1. The molecule has 0 atom stereocenters. The van der Waals surface area contributed by atoms with Crippen molar-refractivity contribution < 1.29 is 27.4 Å². The number of aromatic nitrogens is 1. The molecular weight excluding hydrogens is 306 g/mol. The van der Waals surface area contributed by atoms with Crippen molar-refractivity contribution in [3.05, 3.63) is 53.9 Å². The average molecular weight is 323 g/mol. The van der Waals surface area contributed by atoms with Crippen LogP contribution in [0.25, 0.3) is 0 Å². The third-order valence-electron chi connectivity index (χ3n) is 2.83. The summed E-state index contributed by atoms with van der Waals surface area (Å²) < 4.78 is 33.5. The van der Waals surface area contributed by atoms with Crippen LogP contribution in [0.3, 0.4) is 0 Å². The lowest BCUT2D eigenvalue weighted by atomic mass is 10.2. The molecule has 0 fully saturated rings. The second kappa shape index (κ2) is 7.15. The van der Waals surface area contributed by atoms with Crippen molar-refractivity contribution in [3.8, 4) is 5.75 Å². The molecule has 0 aliphatic heterocycles. The first-order valence-corrected chi connectivity index (χ1v) is 7.74. The number of nitrogens with zero attached hydrogens (tertiary/aromatic N) is 1. The Kier molecular flexibility index (Phi) is 5.78. The molecule has 0 unspecified atom stereocenters. The number of carbonyl (C=O) groups is 1. The molecule has 1 aromatic carbocycles. The topological polar surface area (TPSA) is 98.4 Å². The molecule has 118 valence electrons. The smallest absolute Gasteiger partial charge is 0.169 e. The summed E-state index contributed by atoms with van der Waals surface area (Å²) in [7, 11) is -2.55. The number of aromatic hydroxyl groups is 1. The fourth-order valence-corrected chi connectivity index (χ4v) is 2.32. The molecule has 1 heterocycles. The highest BCUT2D eigenvalue weighted by molar-refractivity contribution is 7.85. The van der Waals surface area contributed by atoms with Crippen LogP contribution in [0, 0.1) is 6.92 Å². The van der Waals surface area contributed by atoms with Gasteiger partial charge in [-0.15, -0.1) is 0 Å². The molecule has 2 rings (SSSR count). The van der Waals surface area contributed by atoms with Gasteiger partial charge in [-0.25, -0.2) is 13.0 Å². The molecule has 22 heavy (non-hydrogen) atoms. The highest BCUT2D eigenvalue weighted by Gasteiger charge is 2.05. The molecule has 0 spiro atoms. The number of ketones is 1. The van der Waals surface area contributed by atoms with E-state index in [2.05, 4.69) is 0 Å². The van der Waals surface area contributed by atoms with Crippen LogP contribution >= 0.6 is 0 Å². The molecule has 1 N–H and O–H groups in total. The van der Waals surface area contributed by atoms with Crippen molar-refractivity contribution in [2.75, 3.05) is 0 Å². The number of Topliss-reactive ketones (excluding diaryl/α,β-unsaturated/α-hetero) is 1. The SMILES string of the molecule is CC(=O)c1cc[n+](C)cc1.Cc1ccc(O)cc1S(=O)(=O)[O-]. The van der Waals surface area contributed by atoms with Crippen LogP contribution in [-0.2, 0) is 17.2 Å². The van der Waals surface area contributed by atoms with Crippen molar-refractivity contribution in [1.29, 1.82) is 0 Å². The minimum absolute atomic E-state index is 0.112. The molecule has 6 nitrogen and oxygen atoms in total. The Morgan fingerprint density at radius 2 is 1.73 bits per heavy atom. The number of benzene rings is 1. The van der Waals surface area contributed by atoms with Crippen molar-refractivity contribution in [2.24, 2.45) is 7.05 Å². The Morgan fingerprint density at radius 1 is 1.18 bits per heavy atom. The summed E-state index contributed by atoms with van der Waals surface area (Å²) in [6.07, 6.45) is 3.72. The molecule has 7 heteroatoms. The fourth-order valence-electron chi connectivity index (χ4n) is 1.59. The lowest BCUT2D eigenvalue weighted by Gasteiger charge is -2.09. The number of phenolic OH excluding ortho intramolecular Hbond substituents is 1. The van der Waals surface area contributed by atoms with Crippen LogP contribution in [0.1, 0.15) is 22.8 Å². The maximum absolute atomic E-state index is 10.7. The zero-order valence-corrected chi connectivity index (χ0v) is 13.3. The van der Waals surface area contributed by atoms with E-state index in [4.69, 9.17) is 5.11 Å². The number of rotatable bonds is 2. The predicted octanol–water partition coefficient (Wildman–Crippen LogP) is 1.32. The molecule has 0 aliphatic carbocycles. The molecular formula is C15H17NO5S. The fraction of sp³-hybridized carbons (Fsp3) is 0.200. The second-order valence-electron chi connectivity index (χ2n) is 4.71. The van der Waals surface area contributed by atoms with Crippen LogP contribution in [0.15, 0.2) is 47.6 Å². The Morgan fingerprint density at radius 3 is 2.14 bits per heavy atom. The first-order chi connectivity index (χ1) is 10.1. The summed E-state index contributed by atoms with van der Waals surface area (Å²) >= 11 is 0. The lowest BCUT2D eigenvalue weighted by Crippen LogP contribution is -2.26. The number of pyridine rings is 1. The van der Waals surface area contributed by atoms with Crippen molar-refractivity contribution >= 4 is 15.9 Å². The van der Waals surface area contributed by atoms with Crippen LogP contribution in [0.2, 0.25) is 0 Å². The van der Waals surface area contributed by atoms with E-state index in [9.17, 15) is 17.8 Å². The van der Waals surface area contributed by atoms with E-state index in [0.29, 0.717) is 5.56 Å². The number of carbonyl (C=O) groups excluding carboxylic acids is 1. The molecule has 1 aromatic heterocycles.